The molecule has 0 amide bonds. The first kappa shape index (κ1) is 16.6. The van der Waals surface area contributed by atoms with Crippen molar-refractivity contribution >= 4 is 23.3 Å². The summed E-state index contributed by atoms with van der Waals surface area (Å²) in [6, 6.07) is 3.01. The van der Waals surface area contributed by atoms with Crippen molar-refractivity contribution in [2.75, 3.05) is 19.5 Å². The van der Waals surface area contributed by atoms with Gasteiger partial charge in [-0.15, -0.1) is 0 Å². The molecule has 0 aliphatic rings. The second-order valence-corrected chi connectivity index (χ2v) is 5.03. The van der Waals surface area contributed by atoms with Crippen molar-refractivity contribution in [3.05, 3.63) is 22.7 Å². The highest BCUT2D eigenvalue weighted by Crippen LogP contribution is 2.29. The van der Waals surface area contributed by atoms with Gasteiger partial charge in [0.15, 0.2) is 0 Å². The second-order valence-electron chi connectivity index (χ2n) is 4.62. The minimum atomic E-state index is -0.431. The third kappa shape index (κ3) is 4.93. The summed E-state index contributed by atoms with van der Waals surface area (Å²) in [7, 11) is 1.48. The van der Waals surface area contributed by atoms with Gasteiger partial charge in [-0.05, 0) is 12.5 Å². The Morgan fingerprint density at radius 3 is 2.60 bits per heavy atom. The van der Waals surface area contributed by atoms with Crippen LogP contribution in [0, 0.1) is 0 Å². The molecule has 4 nitrogen and oxygen atoms in total. The third-order valence-electron chi connectivity index (χ3n) is 3.02. The van der Waals surface area contributed by atoms with E-state index in [0.29, 0.717) is 28.6 Å². The largest absolute Gasteiger partial charge is 0.496 e. The van der Waals surface area contributed by atoms with Crippen molar-refractivity contribution in [2.45, 2.75) is 39.0 Å². The number of carbonyl (C=O) groups is 1. The number of hydrogen-bond acceptors (Lipinski definition) is 4. The molecule has 0 saturated heterocycles. The number of nitrogen functional groups attached to an aromatic ring is 1. The average Bonchev–Trinajstić information content (AvgIpc) is 2.44. The Hall–Kier alpha value is -1.42. The molecule has 0 radical (unpaired) electrons. The lowest BCUT2D eigenvalue weighted by molar-refractivity contribution is 0.0494. The summed E-state index contributed by atoms with van der Waals surface area (Å²) in [6.07, 6.45) is 5.53. The molecule has 0 aliphatic carbocycles. The van der Waals surface area contributed by atoms with Gasteiger partial charge >= 0.3 is 5.97 Å². The maximum Gasteiger partial charge on any atom is 0.341 e. The summed E-state index contributed by atoms with van der Waals surface area (Å²) in [6.45, 7) is 2.57. The topological polar surface area (TPSA) is 61.5 Å². The summed E-state index contributed by atoms with van der Waals surface area (Å²) in [5, 5.41) is 0.320. The van der Waals surface area contributed by atoms with E-state index in [4.69, 9.17) is 26.8 Å². The Kier molecular flexibility index (Phi) is 7.23. The molecule has 0 bridgehead atoms. The van der Waals surface area contributed by atoms with Gasteiger partial charge in [-0.3, -0.25) is 0 Å². The fourth-order valence-corrected chi connectivity index (χ4v) is 2.01. The molecule has 20 heavy (non-hydrogen) atoms. The molecular formula is C15H22ClNO3. The van der Waals surface area contributed by atoms with Gasteiger partial charge in [0.25, 0.3) is 0 Å². The van der Waals surface area contributed by atoms with E-state index < -0.39 is 5.97 Å². The van der Waals surface area contributed by atoms with Crippen LogP contribution in [-0.4, -0.2) is 19.7 Å². The molecule has 0 heterocycles. The summed E-state index contributed by atoms with van der Waals surface area (Å²) in [4.78, 5) is 12.0. The molecule has 1 aromatic carbocycles. The first-order valence-corrected chi connectivity index (χ1v) is 7.28. The van der Waals surface area contributed by atoms with E-state index in [0.717, 1.165) is 12.8 Å². The fraction of sp³-hybridized carbons (Fsp3) is 0.533. The highest BCUT2D eigenvalue weighted by molar-refractivity contribution is 6.33. The van der Waals surface area contributed by atoms with E-state index in [9.17, 15) is 4.79 Å². The van der Waals surface area contributed by atoms with Crippen molar-refractivity contribution in [3.63, 3.8) is 0 Å². The summed E-state index contributed by atoms with van der Waals surface area (Å²) in [5.74, 6) is -0.0536. The number of nitrogens with two attached hydrogens (primary N) is 1. The van der Waals surface area contributed by atoms with Crippen LogP contribution in [0.15, 0.2) is 12.1 Å². The number of ether oxygens (including phenoxy) is 2. The van der Waals surface area contributed by atoms with Crippen LogP contribution in [0.5, 0.6) is 5.75 Å². The van der Waals surface area contributed by atoms with Crippen LogP contribution in [0.4, 0.5) is 5.69 Å². The van der Waals surface area contributed by atoms with E-state index >= 15 is 0 Å². The summed E-state index contributed by atoms with van der Waals surface area (Å²) in [5.41, 5.74) is 6.35. The van der Waals surface area contributed by atoms with Crippen LogP contribution >= 0.6 is 11.6 Å². The van der Waals surface area contributed by atoms with Gasteiger partial charge in [0, 0.05) is 6.07 Å². The Morgan fingerprint density at radius 2 is 1.95 bits per heavy atom. The normalized spacial score (nSPS) is 10.3. The zero-order valence-electron chi connectivity index (χ0n) is 12.1. The van der Waals surface area contributed by atoms with Gasteiger partial charge in [-0.2, -0.15) is 0 Å². The summed E-state index contributed by atoms with van der Waals surface area (Å²) < 4.78 is 10.3. The number of anilines is 1. The monoisotopic (exact) mass is 299 g/mol. The molecule has 0 spiro atoms. The van der Waals surface area contributed by atoms with E-state index in [-0.39, 0.29) is 0 Å². The number of unbranched alkanes of at least 4 members (excludes halogenated alkanes) is 4. The Bertz CT molecular complexity index is 449. The predicted octanol–water partition coefficient (Wildman–Crippen LogP) is 4.06. The lowest BCUT2D eigenvalue weighted by Gasteiger charge is -2.10. The van der Waals surface area contributed by atoms with E-state index in [1.807, 2.05) is 0 Å². The lowest BCUT2D eigenvalue weighted by Crippen LogP contribution is -2.09. The highest BCUT2D eigenvalue weighted by Gasteiger charge is 2.16. The number of halogens is 1. The highest BCUT2D eigenvalue weighted by atomic mass is 35.5. The molecule has 0 saturated carbocycles. The Morgan fingerprint density at radius 1 is 1.25 bits per heavy atom. The second kappa shape index (κ2) is 8.69. The molecule has 2 N–H and O–H groups in total. The minimum Gasteiger partial charge on any atom is -0.496 e. The molecule has 0 aromatic heterocycles. The van der Waals surface area contributed by atoms with Gasteiger partial charge in [-0.25, -0.2) is 4.79 Å². The quantitative estimate of drug-likeness (QED) is 0.447. The smallest absolute Gasteiger partial charge is 0.341 e. The third-order valence-corrected chi connectivity index (χ3v) is 3.35. The van der Waals surface area contributed by atoms with Crippen LogP contribution in [0.1, 0.15) is 49.4 Å². The number of carbonyl (C=O) groups excluding carboxylic acids is 1. The van der Waals surface area contributed by atoms with Gasteiger partial charge in [0.2, 0.25) is 0 Å². The predicted molar refractivity (Wildman–Crippen MR) is 81.5 cm³/mol. The van der Waals surface area contributed by atoms with Crippen molar-refractivity contribution < 1.29 is 14.3 Å². The van der Waals surface area contributed by atoms with Crippen LogP contribution in [0.3, 0.4) is 0 Å². The van der Waals surface area contributed by atoms with Crippen molar-refractivity contribution in [3.8, 4) is 5.75 Å². The maximum atomic E-state index is 12.0. The Balaban J connectivity index is 2.53. The molecule has 1 aromatic rings. The van der Waals surface area contributed by atoms with Crippen molar-refractivity contribution in [1.82, 2.24) is 0 Å². The molecule has 1 rings (SSSR count). The molecule has 112 valence electrons. The first-order chi connectivity index (χ1) is 9.60. The zero-order chi connectivity index (χ0) is 15.0. The standard InChI is InChI=1S/C15H22ClNO3/c1-3-4-5-6-7-8-20-15(18)11-9-12(16)13(17)10-14(11)19-2/h9-10H,3-8,17H2,1-2H3. The van der Waals surface area contributed by atoms with Crippen molar-refractivity contribution in [1.29, 1.82) is 0 Å². The van der Waals surface area contributed by atoms with Gasteiger partial charge < -0.3 is 15.2 Å². The fourth-order valence-electron chi connectivity index (χ4n) is 1.85. The lowest BCUT2D eigenvalue weighted by atomic mass is 10.1. The number of hydrogen-bond donors (Lipinski definition) is 1. The molecule has 5 heteroatoms. The number of methoxy groups -OCH3 is 1. The van der Waals surface area contributed by atoms with Crippen LogP contribution < -0.4 is 10.5 Å². The minimum absolute atomic E-state index is 0.306. The molecular weight excluding hydrogens is 278 g/mol. The summed E-state index contributed by atoms with van der Waals surface area (Å²) >= 11 is 5.92. The number of rotatable bonds is 8. The van der Waals surface area contributed by atoms with Gasteiger partial charge in [0.05, 0.1) is 24.4 Å². The van der Waals surface area contributed by atoms with Crippen LogP contribution in [-0.2, 0) is 4.74 Å². The van der Waals surface area contributed by atoms with E-state index in [1.165, 1.54) is 38.5 Å². The number of benzene rings is 1. The SMILES string of the molecule is CCCCCCCOC(=O)c1cc(Cl)c(N)cc1OC. The van der Waals surface area contributed by atoms with Crippen LogP contribution in [0.25, 0.3) is 0 Å². The molecule has 0 unspecified atom stereocenters. The first-order valence-electron chi connectivity index (χ1n) is 6.90. The maximum absolute atomic E-state index is 12.0. The molecule has 0 atom stereocenters. The molecule has 0 aliphatic heterocycles. The van der Waals surface area contributed by atoms with Gasteiger partial charge in [-0.1, -0.05) is 44.2 Å². The molecule has 0 fully saturated rings. The Labute approximate surface area is 125 Å². The zero-order valence-corrected chi connectivity index (χ0v) is 12.8. The number of esters is 1. The average molecular weight is 300 g/mol. The van der Waals surface area contributed by atoms with Crippen LogP contribution in [0.2, 0.25) is 5.02 Å². The van der Waals surface area contributed by atoms with E-state index in [2.05, 4.69) is 6.92 Å². The van der Waals surface area contributed by atoms with Crippen molar-refractivity contribution in [2.24, 2.45) is 0 Å². The van der Waals surface area contributed by atoms with Gasteiger partial charge in [0.1, 0.15) is 11.3 Å². The van der Waals surface area contributed by atoms with E-state index in [1.54, 1.807) is 0 Å².